The molecule has 0 spiro atoms. The molecule has 7 heteroatoms. The lowest BCUT2D eigenvalue weighted by Crippen LogP contribution is -2.26. The molecule has 2 aromatic rings. The monoisotopic (exact) mass is 339 g/mol. The molecular formula is C13H18BrN5O. The second kappa shape index (κ2) is 6.21. The first-order chi connectivity index (χ1) is 9.49. The van der Waals surface area contributed by atoms with Crippen molar-refractivity contribution < 1.29 is 0 Å². The van der Waals surface area contributed by atoms with Gasteiger partial charge < -0.3 is 5.32 Å². The largest absolute Gasteiger partial charge is 0.382 e. The summed E-state index contributed by atoms with van der Waals surface area (Å²) in [6, 6.07) is 0.0447. The van der Waals surface area contributed by atoms with E-state index >= 15 is 0 Å². The van der Waals surface area contributed by atoms with Crippen LogP contribution in [0.3, 0.4) is 0 Å². The van der Waals surface area contributed by atoms with Crippen molar-refractivity contribution >= 4 is 21.6 Å². The molecule has 108 valence electrons. The second-order valence-electron chi connectivity index (χ2n) is 4.91. The third kappa shape index (κ3) is 3.27. The highest BCUT2D eigenvalue weighted by molar-refractivity contribution is 9.10. The van der Waals surface area contributed by atoms with Crippen LogP contribution >= 0.6 is 15.9 Å². The lowest BCUT2D eigenvalue weighted by Gasteiger charge is -2.12. The summed E-state index contributed by atoms with van der Waals surface area (Å²) in [6.07, 6.45) is 6.33. The molecule has 0 amide bonds. The minimum atomic E-state index is -0.119. The number of rotatable bonds is 5. The first kappa shape index (κ1) is 14.8. The van der Waals surface area contributed by atoms with Crippen LogP contribution in [0, 0.1) is 0 Å². The molecule has 0 saturated heterocycles. The fourth-order valence-corrected chi connectivity index (χ4v) is 2.30. The second-order valence-corrected chi connectivity index (χ2v) is 5.71. The summed E-state index contributed by atoms with van der Waals surface area (Å²) in [5.74, 6) is 0. The van der Waals surface area contributed by atoms with E-state index in [1.807, 2.05) is 33.3 Å². The van der Waals surface area contributed by atoms with Crippen LogP contribution in [-0.4, -0.2) is 26.1 Å². The number of aryl methyl sites for hydroxylation is 1. The zero-order valence-electron chi connectivity index (χ0n) is 11.8. The number of aromatic nitrogens is 4. The quantitative estimate of drug-likeness (QED) is 0.904. The minimum Gasteiger partial charge on any atom is -0.382 e. The Bertz CT molecular complexity index is 646. The molecule has 2 aromatic heterocycles. The summed E-state index contributed by atoms with van der Waals surface area (Å²) in [7, 11) is 1.89. The first-order valence-electron chi connectivity index (χ1n) is 6.47. The van der Waals surface area contributed by atoms with Crippen molar-refractivity contribution in [3.63, 3.8) is 0 Å². The van der Waals surface area contributed by atoms with Crippen LogP contribution < -0.4 is 10.9 Å². The molecular weight excluding hydrogens is 322 g/mol. The van der Waals surface area contributed by atoms with Gasteiger partial charge >= 0.3 is 0 Å². The van der Waals surface area contributed by atoms with Crippen molar-refractivity contribution in [2.24, 2.45) is 7.05 Å². The zero-order valence-corrected chi connectivity index (χ0v) is 13.4. The van der Waals surface area contributed by atoms with Gasteiger partial charge in [0.25, 0.3) is 5.56 Å². The molecule has 2 rings (SSSR count). The smallest absolute Gasteiger partial charge is 0.283 e. The van der Waals surface area contributed by atoms with Gasteiger partial charge in [-0.15, -0.1) is 0 Å². The third-order valence-corrected chi connectivity index (χ3v) is 3.69. The molecule has 0 aliphatic rings. The maximum Gasteiger partial charge on any atom is 0.283 e. The van der Waals surface area contributed by atoms with Crippen molar-refractivity contribution in [1.82, 2.24) is 19.6 Å². The average molecular weight is 340 g/mol. The van der Waals surface area contributed by atoms with Gasteiger partial charge in [-0.1, -0.05) is 0 Å². The van der Waals surface area contributed by atoms with Gasteiger partial charge in [-0.05, 0) is 41.8 Å². The topological polar surface area (TPSA) is 64.7 Å². The predicted octanol–water partition coefficient (Wildman–Crippen LogP) is 1.97. The van der Waals surface area contributed by atoms with Crippen LogP contribution in [-0.2, 0) is 13.5 Å². The number of halogens is 1. The summed E-state index contributed by atoms with van der Waals surface area (Å²) < 4.78 is 3.75. The molecule has 20 heavy (non-hydrogen) atoms. The van der Waals surface area contributed by atoms with E-state index < -0.39 is 0 Å². The normalized spacial score (nSPS) is 11.1. The van der Waals surface area contributed by atoms with E-state index in [2.05, 4.69) is 31.4 Å². The number of anilines is 1. The molecule has 1 N–H and O–H groups in total. The summed E-state index contributed by atoms with van der Waals surface area (Å²) in [6.45, 7) is 4.57. The highest BCUT2D eigenvalue weighted by Crippen LogP contribution is 2.17. The number of hydrogen-bond donors (Lipinski definition) is 1. The van der Waals surface area contributed by atoms with Crippen molar-refractivity contribution in [2.75, 3.05) is 11.9 Å². The molecule has 0 atom stereocenters. The fourth-order valence-electron chi connectivity index (χ4n) is 1.88. The molecule has 0 unspecified atom stereocenters. The van der Waals surface area contributed by atoms with Crippen molar-refractivity contribution in [3.8, 4) is 0 Å². The SMILES string of the molecule is CC(C)n1ncc(NCCc2cnn(C)c2)c(Br)c1=O. The summed E-state index contributed by atoms with van der Waals surface area (Å²) in [4.78, 5) is 12.1. The van der Waals surface area contributed by atoms with E-state index in [-0.39, 0.29) is 11.6 Å². The van der Waals surface area contributed by atoms with Crippen molar-refractivity contribution in [1.29, 1.82) is 0 Å². The van der Waals surface area contributed by atoms with Gasteiger partial charge in [-0.25, -0.2) is 4.68 Å². The lowest BCUT2D eigenvalue weighted by molar-refractivity contribution is 0.501. The van der Waals surface area contributed by atoms with Gasteiger partial charge in [-0.2, -0.15) is 10.2 Å². The van der Waals surface area contributed by atoms with Gasteiger partial charge in [0.1, 0.15) is 4.47 Å². The van der Waals surface area contributed by atoms with Crippen LogP contribution in [0.5, 0.6) is 0 Å². The first-order valence-corrected chi connectivity index (χ1v) is 7.27. The Balaban J connectivity index is 2.03. The van der Waals surface area contributed by atoms with Gasteiger partial charge in [0.15, 0.2) is 0 Å². The third-order valence-electron chi connectivity index (χ3n) is 2.92. The Morgan fingerprint density at radius 1 is 1.35 bits per heavy atom. The zero-order chi connectivity index (χ0) is 14.7. The Morgan fingerprint density at radius 2 is 2.10 bits per heavy atom. The molecule has 0 aliphatic carbocycles. The van der Waals surface area contributed by atoms with Crippen molar-refractivity contribution in [2.45, 2.75) is 26.3 Å². The van der Waals surface area contributed by atoms with E-state index in [0.717, 1.165) is 24.2 Å². The lowest BCUT2D eigenvalue weighted by atomic mass is 10.2. The molecule has 2 heterocycles. The molecule has 0 fully saturated rings. The molecule has 0 radical (unpaired) electrons. The number of nitrogens with one attached hydrogen (secondary N) is 1. The molecule has 0 aromatic carbocycles. The van der Waals surface area contributed by atoms with E-state index in [1.54, 1.807) is 10.9 Å². The van der Waals surface area contributed by atoms with Crippen molar-refractivity contribution in [3.05, 3.63) is 39.0 Å². The van der Waals surface area contributed by atoms with E-state index in [9.17, 15) is 4.79 Å². The Labute approximate surface area is 125 Å². The van der Waals surface area contributed by atoms with Crippen LogP contribution in [0.4, 0.5) is 5.69 Å². The highest BCUT2D eigenvalue weighted by atomic mass is 79.9. The van der Waals surface area contributed by atoms with Crippen LogP contribution in [0.25, 0.3) is 0 Å². The van der Waals surface area contributed by atoms with E-state index in [4.69, 9.17) is 0 Å². The summed E-state index contributed by atoms with van der Waals surface area (Å²) in [5, 5.41) is 11.5. The van der Waals surface area contributed by atoms with Crippen LogP contribution in [0.15, 0.2) is 27.9 Å². The Kier molecular flexibility index (Phi) is 4.59. The van der Waals surface area contributed by atoms with Gasteiger partial charge in [0.2, 0.25) is 0 Å². The van der Waals surface area contributed by atoms with Gasteiger partial charge in [-0.3, -0.25) is 9.48 Å². The van der Waals surface area contributed by atoms with E-state index in [0.29, 0.717) is 4.47 Å². The Hall–Kier alpha value is -1.63. The maximum absolute atomic E-state index is 12.1. The maximum atomic E-state index is 12.1. The number of hydrogen-bond acceptors (Lipinski definition) is 4. The minimum absolute atomic E-state index is 0.0447. The van der Waals surface area contributed by atoms with E-state index in [1.165, 1.54) is 4.68 Å². The number of nitrogens with zero attached hydrogens (tertiary/aromatic N) is 4. The molecule has 6 nitrogen and oxygen atoms in total. The molecule has 0 bridgehead atoms. The summed E-state index contributed by atoms with van der Waals surface area (Å²) in [5.41, 5.74) is 1.75. The van der Waals surface area contributed by atoms with Crippen LogP contribution in [0.2, 0.25) is 0 Å². The molecule has 0 aliphatic heterocycles. The fraction of sp³-hybridized carbons (Fsp3) is 0.462. The summed E-state index contributed by atoms with van der Waals surface area (Å²) >= 11 is 3.34. The molecule has 0 saturated carbocycles. The van der Waals surface area contributed by atoms with Crippen LogP contribution in [0.1, 0.15) is 25.5 Å². The average Bonchev–Trinajstić information content (AvgIpc) is 2.80. The highest BCUT2D eigenvalue weighted by Gasteiger charge is 2.10. The van der Waals surface area contributed by atoms with Gasteiger partial charge in [0.05, 0.1) is 24.1 Å². The Morgan fingerprint density at radius 3 is 2.70 bits per heavy atom. The van der Waals surface area contributed by atoms with Gasteiger partial charge in [0, 0.05) is 19.8 Å². The standard InChI is InChI=1S/C13H18BrN5O/c1-9(2)19-13(20)12(14)11(7-17-19)15-5-4-10-6-16-18(3)8-10/h6-9,15H,4-5H2,1-3H3. The predicted molar refractivity (Wildman–Crippen MR) is 82.0 cm³/mol.